The van der Waals surface area contributed by atoms with Crippen LogP contribution in [0.5, 0.6) is 0 Å². The summed E-state index contributed by atoms with van der Waals surface area (Å²) in [6, 6.07) is 7.63. The Morgan fingerprint density at radius 3 is 3.00 bits per heavy atom. The Hall–Kier alpha value is -1.84. The van der Waals surface area contributed by atoms with Gasteiger partial charge < -0.3 is 4.84 Å². The molecule has 1 aromatic carbocycles. The minimum absolute atomic E-state index is 0.0907. The van der Waals surface area contributed by atoms with Gasteiger partial charge in [-0.05, 0) is 18.9 Å². The molecule has 0 saturated heterocycles. The minimum Gasteiger partial charge on any atom is -0.318 e. The first-order valence-electron chi connectivity index (χ1n) is 4.99. The third-order valence-electron chi connectivity index (χ3n) is 2.53. The fraction of sp³-hybridized carbons (Fsp3) is 0.273. The van der Waals surface area contributed by atoms with Gasteiger partial charge in [-0.15, -0.1) is 5.10 Å². The molecule has 0 spiro atoms. The summed E-state index contributed by atoms with van der Waals surface area (Å²) in [5.41, 5.74) is 0.825. The van der Waals surface area contributed by atoms with Crippen LogP contribution >= 0.6 is 0 Å². The van der Waals surface area contributed by atoms with Crippen LogP contribution in [-0.4, -0.2) is 15.9 Å². The Balaban J connectivity index is 1.93. The van der Waals surface area contributed by atoms with Crippen molar-refractivity contribution < 1.29 is 9.63 Å². The summed E-state index contributed by atoms with van der Waals surface area (Å²) in [6.45, 7) is 0. The fourth-order valence-electron chi connectivity index (χ4n) is 1.50. The molecule has 76 valence electrons. The molecule has 3 rings (SSSR count). The summed E-state index contributed by atoms with van der Waals surface area (Å²) in [5.74, 6) is -0.0863. The van der Waals surface area contributed by atoms with Crippen LogP contribution < -0.4 is 4.84 Å². The monoisotopic (exact) mass is 202 g/mol. The van der Waals surface area contributed by atoms with E-state index in [0.717, 1.165) is 23.7 Å². The number of carbonyl (C=O) groups excluding carboxylic acids is 1. The van der Waals surface area contributed by atoms with Crippen LogP contribution in [0.4, 0.5) is 0 Å². The van der Waals surface area contributed by atoms with Crippen molar-refractivity contribution in [2.45, 2.75) is 12.8 Å². The number of hydrogen-bond acceptors (Lipinski definition) is 3. The van der Waals surface area contributed by atoms with Gasteiger partial charge in [0, 0.05) is 5.39 Å². The smallest absolute Gasteiger partial charge is 0.318 e. The number of para-hydroxylation sites is 1. The zero-order valence-electron chi connectivity index (χ0n) is 8.09. The Morgan fingerprint density at radius 2 is 2.20 bits per heavy atom. The SMILES string of the molecule is O=C(On1ncc2ccccc21)C1CC1. The van der Waals surface area contributed by atoms with E-state index >= 15 is 0 Å². The van der Waals surface area contributed by atoms with E-state index in [-0.39, 0.29) is 11.9 Å². The predicted molar refractivity (Wildman–Crippen MR) is 54.0 cm³/mol. The molecule has 15 heavy (non-hydrogen) atoms. The number of rotatable bonds is 2. The average molecular weight is 202 g/mol. The molecule has 2 aromatic rings. The van der Waals surface area contributed by atoms with Gasteiger partial charge in [-0.3, -0.25) is 0 Å². The first-order valence-corrected chi connectivity index (χ1v) is 4.99. The lowest BCUT2D eigenvalue weighted by atomic mass is 10.3. The van der Waals surface area contributed by atoms with Crippen molar-refractivity contribution in [3.63, 3.8) is 0 Å². The third kappa shape index (κ3) is 1.48. The second kappa shape index (κ2) is 3.08. The van der Waals surface area contributed by atoms with Crippen molar-refractivity contribution in [3.05, 3.63) is 30.5 Å². The molecule has 0 amide bonds. The van der Waals surface area contributed by atoms with E-state index in [1.54, 1.807) is 6.20 Å². The van der Waals surface area contributed by atoms with E-state index in [4.69, 9.17) is 4.84 Å². The van der Waals surface area contributed by atoms with Crippen molar-refractivity contribution >= 4 is 16.9 Å². The van der Waals surface area contributed by atoms with Gasteiger partial charge in [0.25, 0.3) is 0 Å². The first-order chi connectivity index (χ1) is 7.34. The molecule has 0 bridgehead atoms. The molecule has 0 radical (unpaired) electrons. The number of nitrogens with zero attached hydrogens (tertiary/aromatic N) is 2. The topological polar surface area (TPSA) is 44.1 Å². The number of benzene rings is 1. The van der Waals surface area contributed by atoms with Gasteiger partial charge >= 0.3 is 5.97 Å². The summed E-state index contributed by atoms with van der Waals surface area (Å²) in [5, 5.41) is 4.99. The molecule has 0 atom stereocenters. The van der Waals surface area contributed by atoms with Gasteiger partial charge in [0.2, 0.25) is 0 Å². The molecule has 1 aliphatic rings. The maximum atomic E-state index is 11.4. The van der Waals surface area contributed by atoms with Gasteiger partial charge in [0.1, 0.15) is 5.52 Å². The molecule has 1 saturated carbocycles. The summed E-state index contributed by atoms with van der Waals surface area (Å²) >= 11 is 0. The van der Waals surface area contributed by atoms with Crippen LogP contribution in [0.2, 0.25) is 0 Å². The van der Waals surface area contributed by atoms with Crippen LogP contribution in [-0.2, 0) is 4.79 Å². The van der Waals surface area contributed by atoms with Crippen LogP contribution in [0.3, 0.4) is 0 Å². The fourth-order valence-corrected chi connectivity index (χ4v) is 1.50. The van der Waals surface area contributed by atoms with E-state index in [2.05, 4.69) is 5.10 Å². The molecule has 4 heteroatoms. The van der Waals surface area contributed by atoms with Crippen LogP contribution in [0.1, 0.15) is 12.8 Å². The number of aromatic nitrogens is 2. The van der Waals surface area contributed by atoms with Gasteiger partial charge in [0.15, 0.2) is 0 Å². The lowest BCUT2D eigenvalue weighted by Crippen LogP contribution is -2.21. The lowest BCUT2D eigenvalue weighted by Gasteiger charge is -2.02. The Bertz CT molecular complexity index is 514. The van der Waals surface area contributed by atoms with Crippen LogP contribution in [0, 0.1) is 5.92 Å². The molecule has 4 nitrogen and oxygen atoms in total. The van der Waals surface area contributed by atoms with Crippen LogP contribution in [0.15, 0.2) is 30.5 Å². The first kappa shape index (κ1) is 8.47. The Kier molecular flexibility index (Phi) is 1.74. The number of hydrogen-bond donors (Lipinski definition) is 0. The van der Waals surface area contributed by atoms with Gasteiger partial charge in [-0.25, -0.2) is 4.79 Å². The van der Waals surface area contributed by atoms with Crippen molar-refractivity contribution in [2.75, 3.05) is 0 Å². The highest BCUT2D eigenvalue weighted by atomic mass is 16.7. The Labute approximate surface area is 86.4 Å². The van der Waals surface area contributed by atoms with Crippen molar-refractivity contribution in [2.24, 2.45) is 5.92 Å². The standard InChI is InChI=1S/C11H10N2O2/c14-11(8-5-6-8)15-13-10-4-2-1-3-9(10)7-12-13/h1-4,7-8H,5-6H2. The van der Waals surface area contributed by atoms with Crippen molar-refractivity contribution in [1.82, 2.24) is 9.94 Å². The Morgan fingerprint density at radius 1 is 1.40 bits per heavy atom. The minimum atomic E-state index is -0.177. The van der Waals surface area contributed by atoms with E-state index in [1.165, 1.54) is 4.85 Å². The molecule has 0 N–H and O–H groups in total. The predicted octanol–water partition coefficient (Wildman–Crippen LogP) is 1.40. The second-order valence-electron chi connectivity index (χ2n) is 3.76. The molecular formula is C11H10N2O2. The maximum absolute atomic E-state index is 11.4. The van der Waals surface area contributed by atoms with Crippen molar-refractivity contribution in [3.8, 4) is 0 Å². The quantitative estimate of drug-likeness (QED) is 0.739. The van der Waals surface area contributed by atoms with Crippen LogP contribution in [0.25, 0.3) is 10.9 Å². The number of fused-ring (bicyclic) bond motifs is 1. The molecule has 0 unspecified atom stereocenters. The zero-order chi connectivity index (χ0) is 10.3. The van der Waals surface area contributed by atoms with Gasteiger partial charge in [-0.1, -0.05) is 23.0 Å². The van der Waals surface area contributed by atoms with E-state index in [9.17, 15) is 4.79 Å². The normalized spacial score (nSPS) is 15.5. The zero-order valence-corrected chi connectivity index (χ0v) is 8.09. The summed E-state index contributed by atoms with van der Waals surface area (Å²) in [7, 11) is 0. The highest BCUT2D eigenvalue weighted by Crippen LogP contribution is 2.29. The summed E-state index contributed by atoms with van der Waals surface area (Å²) < 4.78 is 0. The van der Waals surface area contributed by atoms with Crippen molar-refractivity contribution in [1.29, 1.82) is 0 Å². The highest BCUT2D eigenvalue weighted by Gasteiger charge is 2.32. The average Bonchev–Trinajstić information content (AvgIpc) is 3.03. The molecule has 0 aliphatic heterocycles. The second-order valence-corrected chi connectivity index (χ2v) is 3.76. The number of carbonyl (C=O) groups is 1. The molecular weight excluding hydrogens is 192 g/mol. The third-order valence-corrected chi connectivity index (χ3v) is 2.53. The molecule has 1 fully saturated rings. The molecule has 1 aliphatic carbocycles. The largest absolute Gasteiger partial charge is 0.338 e. The van der Waals surface area contributed by atoms with E-state index in [0.29, 0.717) is 0 Å². The van der Waals surface area contributed by atoms with E-state index in [1.807, 2.05) is 24.3 Å². The lowest BCUT2D eigenvalue weighted by molar-refractivity contribution is -0.146. The van der Waals surface area contributed by atoms with E-state index < -0.39 is 0 Å². The van der Waals surface area contributed by atoms with Gasteiger partial charge in [-0.2, -0.15) is 0 Å². The molecule has 1 aromatic heterocycles. The maximum Gasteiger partial charge on any atom is 0.338 e. The summed E-state index contributed by atoms with van der Waals surface area (Å²) in [4.78, 5) is 17.9. The highest BCUT2D eigenvalue weighted by molar-refractivity contribution is 5.80. The van der Waals surface area contributed by atoms with Gasteiger partial charge in [0.05, 0.1) is 12.1 Å². The summed E-state index contributed by atoms with van der Waals surface area (Å²) in [6.07, 6.45) is 3.57. The molecule has 1 heterocycles.